The highest BCUT2D eigenvalue weighted by atomic mass is 19.4. The fourth-order valence-corrected chi connectivity index (χ4v) is 1.47. The highest BCUT2D eigenvalue weighted by Crippen LogP contribution is 2.30. The van der Waals surface area contributed by atoms with Crippen LogP contribution in [0.25, 0.3) is 0 Å². The Morgan fingerprint density at radius 3 is 2.53 bits per heavy atom. The zero-order valence-electron chi connectivity index (χ0n) is 9.90. The number of aryl methyl sites for hydroxylation is 1. The molecule has 0 spiro atoms. The zero-order valence-corrected chi connectivity index (χ0v) is 9.90. The molecule has 0 saturated heterocycles. The smallest absolute Gasteiger partial charge is 0.383 e. The van der Waals surface area contributed by atoms with Gasteiger partial charge in [-0.25, -0.2) is 0 Å². The van der Waals surface area contributed by atoms with Crippen molar-refractivity contribution < 1.29 is 17.9 Å². The van der Waals surface area contributed by atoms with Crippen LogP contribution in [-0.4, -0.2) is 20.3 Å². The third-order valence-corrected chi connectivity index (χ3v) is 2.47. The van der Waals surface area contributed by atoms with Crippen LogP contribution < -0.4 is 5.32 Å². The van der Waals surface area contributed by atoms with Crippen LogP contribution in [0.15, 0.2) is 18.2 Å². The number of hydrogen-bond acceptors (Lipinski definition) is 2. The summed E-state index contributed by atoms with van der Waals surface area (Å²) in [6.45, 7) is 3.49. The fourth-order valence-electron chi connectivity index (χ4n) is 1.47. The van der Waals surface area contributed by atoms with E-state index in [2.05, 4.69) is 5.32 Å². The number of nitrogens with one attached hydrogen (secondary N) is 1. The van der Waals surface area contributed by atoms with Gasteiger partial charge in [-0.15, -0.1) is 0 Å². The summed E-state index contributed by atoms with van der Waals surface area (Å²) in [5.74, 6) is 0. The first-order chi connectivity index (χ1) is 7.95. The predicted molar refractivity (Wildman–Crippen MR) is 59.8 cm³/mol. The average Bonchev–Trinajstić information content (AvgIpc) is 2.24. The maximum absolute atomic E-state index is 12.4. The van der Waals surface area contributed by atoms with Crippen molar-refractivity contribution in [1.82, 2.24) is 5.32 Å². The molecule has 0 bridgehead atoms. The molecule has 0 fully saturated rings. The lowest BCUT2D eigenvalue weighted by Crippen LogP contribution is -2.19. The van der Waals surface area contributed by atoms with E-state index < -0.39 is 11.7 Å². The molecule has 1 N–H and O–H groups in total. The van der Waals surface area contributed by atoms with E-state index in [0.717, 1.165) is 11.6 Å². The van der Waals surface area contributed by atoms with Crippen LogP contribution in [0.3, 0.4) is 0 Å². The normalized spacial score (nSPS) is 11.8. The number of halogens is 3. The SMILES string of the molecule is COCCNCc1ccc(C(F)(F)F)cc1C. The number of benzene rings is 1. The van der Waals surface area contributed by atoms with Crippen molar-refractivity contribution in [3.8, 4) is 0 Å². The van der Waals surface area contributed by atoms with Crippen molar-refractivity contribution in [3.63, 3.8) is 0 Å². The van der Waals surface area contributed by atoms with Crippen molar-refractivity contribution in [1.29, 1.82) is 0 Å². The van der Waals surface area contributed by atoms with Gasteiger partial charge in [0.25, 0.3) is 0 Å². The second kappa shape index (κ2) is 6.02. The Balaban J connectivity index is 2.64. The standard InChI is InChI=1S/C12H16F3NO/c1-9-7-11(12(13,14)15)4-3-10(9)8-16-5-6-17-2/h3-4,7,16H,5-6,8H2,1-2H3. The molecule has 96 valence electrons. The first-order valence-electron chi connectivity index (χ1n) is 5.31. The van der Waals surface area contributed by atoms with Gasteiger partial charge in [0, 0.05) is 20.2 Å². The predicted octanol–water partition coefficient (Wildman–Crippen LogP) is 2.75. The second-order valence-corrected chi connectivity index (χ2v) is 3.81. The van der Waals surface area contributed by atoms with E-state index in [1.807, 2.05) is 0 Å². The minimum absolute atomic E-state index is 0.549. The summed E-state index contributed by atoms with van der Waals surface area (Å²) in [5, 5.41) is 3.10. The highest BCUT2D eigenvalue weighted by molar-refractivity contribution is 5.32. The Morgan fingerprint density at radius 1 is 1.29 bits per heavy atom. The largest absolute Gasteiger partial charge is 0.416 e. The summed E-state index contributed by atoms with van der Waals surface area (Å²) in [4.78, 5) is 0. The molecular weight excluding hydrogens is 231 g/mol. The van der Waals surface area contributed by atoms with Gasteiger partial charge in [0.15, 0.2) is 0 Å². The van der Waals surface area contributed by atoms with E-state index in [4.69, 9.17) is 4.74 Å². The number of ether oxygens (including phenoxy) is 1. The summed E-state index contributed by atoms with van der Waals surface area (Å²) in [7, 11) is 1.60. The van der Waals surface area contributed by atoms with Gasteiger partial charge in [0.1, 0.15) is 0 Å². The molecule has 0 radical (unpaired) electrons. The van der Waals surface area contributed by atoms with E-state index in [1.54, 1.807) is 14.0 Å². The van der Waals surface area contributed by atoms with Gasteiger partial charge in [-0.05, 0) is 30.2 Å². The monoisotopic (exact) mass is 247 g/mol. The van der Waals surface area contributed by atoms with E-state index >= 15 is 0 Å². The van der Waals surface area contributed by atoms with E-state index in [9.17, 15) is 13.2 Å². The molecule has 1 rings (SSSR count). The van der Waals surface area contributed by atoms with Gasteiger partial charge in [-0.1, -0.05) is 6.07 Å². The molecule has 0 aliphatic rings. The Bertz CT molecular complexity index is 363. The molecule has 0 aliphatic heterocycles. The Labute approximate surface area is 98.8 Å². The Morgan fingerprint density at radius 2 is 2.00 bits per heavy atom. The first-order valence-corrected chi connectivity index (χ1v) is 5.31. The third kappa shape index (κ3) is 4.36. The number of methoxy groups -OCH3 is 1. The third-order valence-electron chi connectivity index (χ3n) is 2.47. The summed E-state index contributed by atoms with van der Waals surface area (Å²) in [6, 6.07) is 3.80. The molecule has 0 amide bonds. The van der Waals surface area contributed by atoms with Crippen LogP contribution in [0.2, 0.25) is 0 Å². The molecule has 0 saturated carbocycles. The van der Waals surface area contributed by atoms with Crippen molar-refractivity contribution in [3.05, 3.63) is 34.9 Å². The molecule has 17 heavy (non-hydrogen) atoms. The minimum Gasteiger partial charge on any atom is -0.383 e. The molecule has 1 aromatic carbocycles. The van der Waals surface area contributed by atoms with Crippen LogP contribution in [0.4, 0.5) is 13.2 Å². The van der Waals surface area contributed by atoms with Crippen molar-refractivity contribution in [2.75, 3.05) is 20.3 Å². The van der Waals surface area contributed by atoms with Gasteiger partial charge >= 0.3 is 6.18 Å². The lowest BCUT2D eigenvalue weighted by molar-refractivity contribution is -0.137. The van der Waals surface area contributed by atoms with Gasteiger partial charge in [-0.2, -0.15) is 13.2 Å². The first kappa shape index (κ1) is 14.0. The molecule has 0 unspecified atom stereocenters. The lowest BCUT2D eigenvalue weighted by Gasteiger charge is -2.11. The van der Waals surface area contributed by atoms with Crippen LogP contribution in [0, 0.1) is 6.92 Å². The topological polar surface area (TPSA) is 21.3 Å². The Hall–Kier alpha value is -1.07. The summed E-state index contributed by atoms with van der Waals surface area (Å²) in [5.41, 5.74) is 0.912. The van der Waals surface area contributed by atoms with Crippen LogP contribution >= 0.6 is 0 Å². The molecule has 0 heterocycles. The Kier molecular flexibility index (Phi) is 4.96. The zero-order chi connectivity index (χ0) is 12.9. The number of alkyl halides is 3. The van der Waals surface area contributed by atoms with Gasteiger partial charge in [0.05, 0.1) is 12.2 Å². The van der Waals surface area contributed by atoms with Gasteiger partial charge in [0.2, 0.25) is 0 Å². The minimum atomic E-state index is -4.27. The lowest BCUT2D eigenvalue weighted by atomic mass is 10.0. The van der Waals surface area contributed by atoms with Gasteiger partial charge in [-0.3, -0.25) is 0 Å². The maximum Gasteiger partial charge on any atom is 0.416 e. The van der Waals surface area contributed by atoms with Crippen molar-refractivity contribution >= 4 is 0 Å². The number of hydrogen-bond donors (Lipinski definition) is 1. The van der Waals surface area contributed by atoms with Crippen molar-refractivity contribution in [2.45, 2.75) is 19.6 Å². The molecule has 0 aliphatic carbocycles. The molecule has 0 aromatic heterocycles. The maximum atomic E-state index is 12.4. The van der Waals surface area contributed by atoms with Gasteiger partial charge < -0.3 is 10.1 Å². The quantitative estimate of drug-likeness (QED) is 0.808. The van der Waals surface area contributed by atoms with E-state index in [1.165, 1.54) is 12.1 Å². The summed E-state index contributed by atoms with van der Waals surface area (Å²) in [6.07, 6.45) is -4.27. The molecule has 2 nitrogen and oxygen atoms in total. The summed E-state index contributed by atoms with van der Waals surface area (Å²) < 4.78 is 42.1. The average molecular weight is 247 g/mol. The molecule has 1 aromatic rings. The fraction of sp³-hybridized carbons (Fsp3) is 0.500. The summed E-state index contributed by atoms with van der Waals surface area (Å²) >= 11 is 0. The number of rotatable bonds is 5. The van der Waals surface area contributed by atoms with Crippen LogP contribution in [0.1, 0.15) is 16.7 Å². The molecule has 5 heteroatoms. The highest BCUT2D eigenvalue weighted by Gasteiger charge is 2.30. The van der Waals surface area contributed by atoms with Crippen LogP contribution in [0.5, 0.6) is 0 Å². The second-order valence-electron chi connectivity index (χ2n) is 3.81. The molecular formula is C12H16F3NO. The van der Waals surface area contributed by atoms with E-state index in [-0.39, 0.29) is 0 Å². The van der Waals surface area contributed by atoms with Crippen LogP contribution in [-0.2, 0) is 17.5 Å². The van der Waals surface area contributed by atoms with Crippen molar-refractivity contribution in [2.24, 2.45) is 0 Å². The molecule has 0 atom stereocenters. The van der Waals surface area contributed by atoms with E-state index in [0.29, 0.717) is 25.3 Å².